The molecular weight excluding hydrogens is 406 g/mol. The molecule has 2 aromatic rings. The van der Waals surface area contributed by atoms with Crippen LogP contribution in [0.3, 0.4) is 0 Å². The maximum absolute atomic E-state index is 13.8. The van der Waals surface area contributed by atoms with Gasteiger partial charge in [0, 0.05) is 18.7 Å². The van der Waals surface area contributed by atoms with Gasteiger partial charge in [-0.3, -0.25) is 9.59 Å². The summed E-state index contributed by atoms with van der Waals surface area (Å²) in [4.78, 5) is 39.6. The summed E-state index contributed by atoms with van der Waals surface area (Å²) in [5.41, 5.74) is 0.601. The van der Waals surface area contributed by atoms with Gasteiger partial charge in [0.05, 0.1) is 6.61 Å². The summed E-state index contributed by atoms with van der Waals surface area (Å²) in [5, 5.41) is 0. The molecule has 7 atom stereocenters. The number of Topliss-reactive ketones (excluding diaryl/α,β-unsaturated/α-hetero) is 1. The monoisotopic (exact) mass is 433 g/mol. The highest BCUT2D eigenvalue weighted by atomic mass is 16.5. The molecule has 0 amide bonds. The number of nitrogens with zero attached hydrogens (tertiary/aromatic N) is 1. The molecule has 32 heavy (non-hydrogen) atoms. The summed E-state index contributed by atoms with van der Waals surface area (Å²) >= 11 is 0. The van der Waals surface area contributed by atoms with Gasteiger partial charge in [-0.2, -0.15) is 0 Å². The van der Waals surface area contributed by atoms with Gasteiger partial charge in [0.1, 0.15) is 17.9 Å². The molecule has 2 unspecified atom stereocenters. The quantitative estimate of drug-likeness (QED) is 0.674. The van der Waals surface area contributed by atoms with Gasteiger partial charge in [-0.15, -0.1) is 0 Å². The molecule has 2 bridgehead atoms. The van der Waals surface area contributed by atoms with Crippen LogP contribution in [0.2, 0.25) is 0 Å². The molecule has 1 aromatic heterocycles. The van der Waals surface area contributed by atoms with Crippen LogP contribution >= 0.6 is 0 Å². The molecule has 1 aliphatic heterocycles. The Morgan fingerprint density at radius 1 is 1.09 bits per heavy atom. The number of rotatable bonds is 5. The minimum Gasteiger partial charge on any atom is -0.483 e. The molecule has 0 N–H and O–H groups in total. The first-order valence-electron chi connectivity index (χ1n) is 11.7. The van der Waals surface area contributed by atoms with Gasteiger partial charge < -0.3 is 14.0 Å². The highest BCUT2D eigenvalue weighted by Crippen LogP contribution is 2.73. The van der Waals surface area contributed by atoms with E-state index < -0.39 is 11.4 Å². The number of carbonyl (C=O) groups is 2. The van der Waals surface area contributed by atoms with Gasteiger partial charge in [-0.05, 0) is 54.4 Å². The summed E-state index contributed by atoms with van der Waals surface area (Å²) in [7, 11) is 0. The average Bonchev–Trinajstić information content (AvgIpc) is 3.14. The Morgan fingerprint density at radius 3 is 2.59 bits per heavy atom. The smallest absolute Gasteiger partial charge is 0.343 e. The van der Waals surface area contributed by atoms with Gasteiger partial charge in [0.15, 0.2) is 11.5 Å². The maximum Gasteiger partial charge on any atom is 0.343 e. The zero-order valence-electron chi connectivity index (χ0n) is 18.3. The number of pyridine rings is 1. The molecule has 6 rings (SSSR count). The minimum atomic E-state index is -0.671. The fraction of sp³-hybridized carbons (Fsp3) is 0.500. The number of hydrogen-bond donors (Lipinski definition) is 0. The number of ether oxygens (including phenoxy) is 2. The standard InChI is InChI=1S/C26H27NO5/c1-3-31-26(30)18-11-27-10-17-15-9-16(20-13(2)19(15)20)21(17)24(29)22(27)25(23(18)28)32-12-14-7-5-4-6-8-14/h4-8,11,13,15-17,19-21H,3,9-10,12H2,1-2H3/t13-,15?,16?,17-,19-,20+,21-/m0/s1. The highest BCUT2D eigenvalue weighted by Gasteiger charge is 2.71. The van der Waals surface area contributed by atoms with E-state index in [1.807, 2.05) is 30.3 Å². The van der Waals surface area contributed by atoms with Crippen molar-refractivity contribution < 1.29 is 19.1 Å². The van der Waals surface area contributed by atoms with E-state index in [4.69, 9.17) is 9.47 Å². The first-order valence-corrected chi connectivity index (χ1v) is 11.7. The predicted octanol–water partition coefficient (Wildman–Crippen LogP) is 3.56. The van der Waals surface area contributed by atoms with Crippen LogP contribution in [-0.2, 0) is 17.9 Å². The van der Waals surface area contributed by atoms with Gasteiger partial charge in [0.2, 0.25) is 5.43 Å². The van der Waals surface area contributed by atoms with Crippen LogP contribution in [-0.4, -0.2) is 22.9 Å². The lowest BCUT2D eigenvalue weighted by Gasteiger charge is -2.36. The zero-order valence-corrected chi connectivity index (χ0v) is 18.3. The fourth-order valence-electron chi connectivity index (χ4n) is 7.21. The highest BCUT2D eigenvalue weighted by molar-refractivity contribution is 6.01. The average molecular weight is 434 g/mol. The lowest BCUT2D eigenvalue weighted by atomic mass is 9.74. The summed E-state index contributed by atoms with van der Waals surface area (Å²) in [6.07, 6.45) is 2.64. The van der Waals surface area contributed by atoms with Crippen molar-refractivity contribution in [2.75, 3.05) is 6.61 Å². The Bertz CT molecular complexity index is 1170. The predicted molar refractivity (Wildman–Crippen MR) is 116 cm³/mol. The number of fused-ring (bicyclic) bond motifs is 9. The van der Waals surface area contributed by atoms with Crippen LogP contribution in [0.5, 0.6) is 5.75 Å². The molecule has 6 nitrogen and oxygen atoms in total. The second-order valence-corrected chi connectivity index (χ2v) is 9.83. The van der Waals surface area contributed by atoms with Crippen LogP contribution in [0.25, 0.3) is 0 Å². The molecule has 2 heterocycles. The van der Waals surface area contributed by atoms with Crippen molar-refractivity contribution in [1.29, 1.82) is 0 Å². The molecule has 6 heteroatoms. The van der Waals surface area contributed by atoms with Crippen LogP contribution in [0.1, 0.15) is 46.7 Å². The third-order valence-electron chi connectivity index (χ3n) is 8.43. The number of hydrogen-bond acceptors (Lipinski definition) is 5. The van der Waals surface area contributed by atoms with E-state index in [1.54, 1.807) is 11.5 Å². The van der Waals surface area contributed by atoms with Gasteiger partial charge in [-0.25, -0.2) is 4.79 Å². The van der Waals surface area contributed by atoms with E-state index in [2.05, 4.69) is 6.92 Å². The fourth-order valence-corrected chi connectivity index (χ4v) is 7.21. The molecule has 3 aliphatic carbocycles. The molecule has 4 aliphatic rings. The molecule has 166 valence electrons. The Balaban J connectivity index is 1.43. The van der Waals surface area contributed by atoms with E-state index in [1.165, 1.54) is 6.20 Å². The van der Waals surface area contributed by atoms with Crippen molar-refractivity contribution in [2.24, 2.45) is 41.4 Å². The van der Waals surface area contributed by atoms with E-state index in [-0.39, 0.29) is 42.1 Å². The summed E-state index contributed by atoms with van der Waals surface area (Å²) in [5.74, 6) is 2.69. The van der Waals surface area contributed by atoms with Crippen LogP contribution in [0.4, 0.5) is 0 Å². The molecule has 0 saturated heterocycles. The molecule has 1 aromatic carbocycles. The molecule has 0 radical (unpaired) electrons. The minimum absolute atomic E-state index is 0.00831. The normalized spacial score (nSPS) is 33.3. The summed E-state index contributed by atoms with van der Waals surface area (Å²) in [6, 6.07) is 9.51. The Morgan fingerprint density at radius 2 is 1.84 bits per heavy atom. The number of aromatic nitrogens is 1. The first-order chi connectivity index (χ1) is 15.5. The van der Waals surface area contributed by atoms with Gasteiger partial charge in [0.25, 0.3) is 0 Å². The Kier molecular flexibility index (Phi) is 4.36. The molecule has 3 saturated carbocycles. The van der Waals surface area contributed by atoms with Crippen molar-refractivity contribution in [3.8, 4) is 5.75 Å². The van der Waals surface area contributed by atoms with Crippen LogP contribution in [0.15, 0.2) is 41.3 Å². The second kappa shape index (κ2) is 7.06. The van der Waals surface area contributed by atoms with Crippen molar-refractivity contribution in [3.63, 3.8) is 0 Å². The molecule has 0 spiro atoms. The second-order valence-electron chi connectivity index (χ2n) is 9.83. The van der Waals surface area contributed by atoms with E-state index in [0.29, 0.717) is 35.9 Å². The van der Waals surface area contributed by atoms with E-state index in [9.17, 15) is 14.4 Å². The Hall–Kier alpha value is -2.89. The summed E-state index contributed by atoms with van der Waals surface area (Å²) < 4.78 is 12.9. The number of carbonyl (C=O) groups excluding carboxylic acids is 2. The van der Waals surface area contributed by atoms with Crippen molar-refractivity contribution >= 4 is 11.8 Å². The lowest BCUT2D eigenvalue weighted by molar-refractivity contribution is 0.0518. The van der Waals surface area contributed by atoms with E-state index >= 15 is 0 Å². The SMILES string of the molecule is CCOC(=O)c1cn2c(c(OCc3ccccc3)c1=O)C(=O)[C@H]1C3CC([C@@H]4[C@H](C)[C@H]34)[C@@H]1C2. The van der Waals surface area contributed by atoms with Crippen molar-refractivity contribution in [1.82, 2.24) is 4.57 Å². The van der Waals surface area contributed by atoms with Gasteiger partial charge >= 0.3 is 5.97 Å². The third-order valence-corrected chi connectivity index (χ3v) is 8.43. The molecule has 3 fully saturated rings. The first kappa shape index (κ1) is 19.8. The zero-order chi connectivity index (χ0) is 22.1. The van der Waals surface area contributed by atoms with E-state index in [0.717, 1.165) is 17.9 Å². The van der Waals surface area contributed by atoms with Crippen molar-refractivity contribution in [2.45, 2.75) is 33.4 Å². The lowest BCUT2D eigenvalue weighted by Crippen LogP contribution is -2.42. The molecular formula is C26H27NO5. The number of ketones is 1. The third kappa shape index (κ3) is 2.68. The maximum atomic E-state index is 13.8. The van der Waals surface area contributed by atoms with Gasteiger partial charge in [-0.1, -0.05) is 37.3 Å². The number of esters is 1. The largest absolute Gasteiger partial charge is 0.483 e. The topological polar surface area (TPSA) is 74.6 Å². The van der Waals surface area contributed by atoms with Crippen molar-refractivity contribution in [3.05, 3.63) is 63.6 Å². The Labute approximate surface area is 186 Å². The van der Waals surface area contributed by atoms with Crippen LogP contribution < -0.4 is 10.2 Å². The number of benzene rings is 1. The van der Waals surface area contributed by atoms with Crippen LogP contribution in [0, 0.1) is 41.4 Å². The summed E-state index contributed by atoms with van der Waals surface area (Å²) in [6.45, 7) is 4.99.